The predicted molar refractivity (Wildman–Crippen MR) is 162 cm³/mol. The topological polar surface area (TPSA) is 109 Å². The molecule has 0 aromatic carbocycles. The smallest absolute Gasteiger partial charge is 0.139 e. The fourth-order valence-corrected chi connectivity index (χ4v) is 6.18. The Balaban J connectivity index is 1.23. The minimum atomic E-state index is 0.734. The molecular formula is C32H35N9. The number of aromatic amines is 1. The number of nitrogens with zero attached hydrogens (tertiary/aromatic N) is 6. The van der Waals surface area contributed by atoms with E-state index < -0.39 is 0 Å². The highest BCUT2D eigenvalue weighted by Gasteiger charge is 2.24. The van der Waals surface area contributed by atoms with E-state index in [4.69, 9.17) is 9.97 Å². The summed E-state index contributed by atoms with van der Waals surface area (Å²) in [5, 5.41) is 7.17. The molecule has 41 heavy (non-hydrogen) atoms. The van der Waals surface area contributed by atoms with E-state index in [0.29, 0.717) is 0 Å². The van der Waals surface area contributed by atoms with Crippen molar-refractivity contribution >= 4 is 22.4 Å². The van der Waals surface area contributed by atoms with E-state index >= 15 is 0 Å². The van der Waals surface area contributed by atoms with Crippen molar-refractivity contribution in [3.05, 3.63) is 83.9 Å². The average Bonchev–Trinajstić information content (AvgIpc) is 3.77. The first-order valence-corrected chi connectivity index (χ1v) is 14.6. The lowest BCUT2D eigenvalue weighted by Crippen LogP contribution is -2.20. The number of hydrogen-bond acceptors (Lipinski definition) is 7. The van der Waals surface area contributed by atoms with Crippen LogP contribution in [0.5, 0.6) is 0 Å². The molecule has 0 spiro atoms. The summed E-state index contributed by atoms with van der Waals surface area (Å²) in [6.45, 7) is 6.81. The minimum Gasteiger partial charge on any atom is -0.366 e. The number of nitrogens with one attached hydrogen (secondary N) is 3. The highest BCUT2D eigenvalue weighted by Crippen LogP contribution is 2.38. The Morgan fingerprint density at radius 1 is 1.00 bits per heavy atom. The lowest BCUT2D eigenvalue weighted by molar-refractivity contribution is 0.489. The summed E-state index contributed by atoms with van der Waals surface area (Å²) in [4.78, 5) is 27.0. The number of aryl methyl sites for hydroxylation is 1. The Labute approximate surface area is 239 Å². The Morgan fingerprint density at radius 3 is 2.68 bits per heavy atom. The van der Waals surface area contributed by atoms with Gasteiger partial charge in [0, 0.05) is 60.1 Å². The number of rotatable bonds is 8. The maximum atomic E-state index is 5.12. The summed E-state index contributed by atoms with van der Waals surface area (Å²) in [6.07, 6.45) is 19.6. The monoisotopic (exact) mass is 545 g/mol. The molecule has 208 valence electrons. The first-order valence-electron chi connectivity index (χ1n) is 14.6. The Hall–Kier alpha value is -4.37. The SMILES string of the molecule is CCC1=C(c2nc3c(-n4cnc(C)c4)cncc3[nH]2)c2cc(-c3cncc(CNCC4CCCC4)c3)cnc2NC1. The van der Waals surface area contributed by atoms with Crippen LogP contribution in [0.3, 0.4) is 0 Å². The number of H-pyrrole nitrogens is 1. The fraction of sp³-hybridized carbons (Fsp3) is 0.344. The van der Waals surface area contributed by atoms with Crippen molar-refractivity contribution in [3.8, 4) is 16.8 Å². The van der Waals surface area contributed by atoms with Gasteiger partial charge in [-0.25, -0.2) is 15.0 Å². The van der Waals surface area contributed by atoms with E-state index in [9.17, 15) is 0 Å². The number of aromatic nitrogens is 7. The molecule has 9 nitrogen and oxygen atoms in total. The molecule has 1 saturated carbocycles. The van der Waals surface area contributed by atoms with Gasteiger partial charge in [-0.1, -0.05) is 19.8 Å². The third kappa shape index (κ3) is 5.02. The Morgan fingerprint density at radius 2 is 1.85 bits per heavy atom. The third-order valence-electron chi connectivity index (χ3n) is 8.37. The molecule has 5 aromatic heterocycles. The summed E-state index contributed by atoms with van der Waals surface area (Å²) in [6, 6.07) is 4.45. The molecule has 3 N–H and O–H groups in total. The normalized spacial score (nSPS) is 15.5. The summed E-state index contributed by atoms with van der Waals surface area (Å²) in [5.41, 5.74) is 10.3. The second-order valence-electron chi connectivity index (χ2n) is 11.2. The summed E-state index contributed by atoms with van der Waals surface area (Å²) < 4.78 is 1.98. The van der Waals surface area contributed by atoms with Gasteiger partial charge >= 0.3 is 0 Å². The van der Waals surface area contributed by atoms with Gasteiger partial charge in [-0.05, 0) is 61.9 Å². The molecule has 9 heteroatoms. The molecular weight excluding hydrogens is 510 g/mol. The molecule has 0 saturated heterocycles. The lowest BCUT2D eigenvalue weighted by Gasteiger charge is -2.23. The lowest BCUT2D eigenvalue weighted by atomic mass is 9.93. The van der Waals surface area contributed by atoms with Gasteiger partial charge in [0.1, 0.15) is 17.2 Å². The van der Waals surface area contributed by atoms with E-state index in [0.717, 1.165) is 88.3 Å². The third-order valence-corrected chi connectivity index (χ3v) is 8.37. The zero-order valence-electron chi connectivity index (χ0n) is 23.6. The van der Waals surface area contributed by atoms with Crippen molar-refractivity contribution in [1.82, 2.24) is 39.8 Å². The van der Waals surface area contributed by atoms with Crippen molar-refractivity contribution in [3.63, 3.8) is 0 Å². The molecule has 1 fully saturated rings. The molecule has 6 heterocycles. The maximum absolute atomic E-state index is 5.12. The van der Waals surface area contributed by atoms with E-state index in [1.165, 1.54) is 36.8 Å². The van der Waals surface area contributed by atoms with Gasteiger partial charge in [-0.3, -0.25) is 9.97 Å². The molecule has 0 radical (unpaired) electrons. The standard InChI is InChI=1S/C32H35N9/c1-3-23-14-36-31-26(29(23)32-39-27-16-35-17-28(30(27)40-32)41-18-20(2)38-19-41)9-25(15-37-31)24-8-22(12-34-13-24)11-33-10-21-6-4-5-7-21/h8-9,12-13,15-19,21,33H,3-7,10-11,14H2,1-2H3,(H,36,37)(H,39,40). The van der Waals surface area contributed by atoms with Gasteiger partial charge < -0.3 is 20.2 Å². The maximum Gasteiger partial charge on any atom is 0.139 e. The van der Waals surface area contributed by atoms with Crippen LogP contribution in [-0.4, -0.2) is 47.6 Å². The Bertz CT molecular complexity index is 1740. The zero-order chi connectivity index (χ0) is 27.8. The molecule has 0 bridgehead atoms. The molecule has 7 rings (SSSR count). The average molecular weight is 546 g/mol. The van der Waals surface area contributed by atoms with Gasteiger partial charge in [0.25, 0.3) is 0 Å². The van der Waals surface area contributed by atoms with Crippen LogP contribution in [0, 0.1) is 12.8 Å². The Kier molecular flexibility index (Phi) is 6.80. The van der Waals surface area contributed by atoms with Crippen molar-refractivity contribution < 1.29 is 0 Å². The van der Waals surface area contributed by atoms with Crippen LogP contribution in [0.25, 0.3) is 33.4 Å². The molecule has 0 unspecified atom stereocenters. The number of imidazole rings is 2. The van der Waals surface area contributed by atoms with E-state index in [2.05, 4.69) is 49.6 Å². The molecule has 5 aromatic rings. The largest absolute Gasteiger partial charge is 0.366 e. The summed E-state index contributed by atoms with van der Waals surface area (Å²) >= 11 is 0. The van der Waals surface area contributed by atoms with Crippen LogP contribution >= 0.6 is 0 Å². The molecule has 1 aliphatic carbocycles. The van der Waals surface area contributed by atoms with E-state index in [1.54, 1.807) is 6.33 Å². The quantitative estimate of drug-likeness (QED) is 0.225. The second-order valence-corrected chi connectivity index (χ2v) is 11.2. The van der Waals surface area contributed by atoms with Crippen LogP contribution in [0.1, 0.15) is 61.7 Å². The minimum absolute atomic E-state index is 0.734. The van der Waals surface area contributed by atoms with Gasteiger partial charge in [-0.2, -0.15) is 0 Å². The number of fused-ring (bicyclic) bond motifs is 2. The summed E-state index contributed by atoms with van der Waals surface area (Å²) in [7, 11) is 0. The van der Waals surface area contributed by atoms with Gasteiger partial charge in [0.05, 0.1) is 35.6 Å². The van der Waals surface area contributed by atoms with Gasteiger partial charge in [0.15, 0.2) is 0 Å². The van der Waals surface area contributed by atoms with Gasteiger partial charge in [-0.15, -0.1) is 0 Å². The van der Waals surface area contributed by atoms with Crippen LogP contribution < -0.4 is 10.6 Å². The van der Waals surface area contributed by atoms with Crippen molar-refractivity contribution in [2.45, 2.75) is 52.5 Å². The van der Waals surface area contributed by atoms with Gasteiger partial charge in [0.2, 0.25) is 0 Å². The van der Waals surface area contributed by atoms with Crippen molar-refractivity contribution in [2.24, 2.45) is 5.92 Å². The van der Waals surface area contributed by atoms with E-state index in [1.807, 2.05) is 48.7 Å². The fourth-order valence-electron chi connectivity index (χ4n) is 6.18. The second kappa shape index (κ2) is 10.9. The van der Waals surface area contributed by atoms with E-state index in [-0.39, 0.29) is 0 Å². The first kappa shape index (κ1) is 25.6. The molecule has 2 aliphatic rings. The predicted octanol–water partition coefficient (Wildman–Crippen LogP) is 5.83. The highest BCUT2D eigenvalue weighted by atomic mass is 15.1. The number of pyridine rings is 3. The van der Waals surface area contributed by atoms with Crippen LogP contribution in [0.2, 0.25) is 0 Å². The van der Waals surface area contributed by atoms with Crippen LogP contribution in [-0.2, 0) is 6.54 Å². The number of anilines is 1. The molecule has 0 atom stereocenters. The molecule has 1 aliphatic heterocycles. The highest BCUT2D eigenvalue weighted by molar-refractivity contribution is 5.93. The molecule has 0 amide bonds. The zero-order valence-corrected chi connectivity index (χ0v) is 23.6. The summed E-state index contributed by atoms with van der Waals surface area (Å²) in [5.74, 6) is 2.51. The number of hydrogen-bond donors (Lipinski definition) is 3. The first-order chi connectivity index (χ1) is 20.2. The van der Waals surface area contributed by atoms with Crippen LogP contribution in [0.4, 0.5) is 5.82 Å². The van der Waals surface area contributed by atoms with Crippen LogP contribution in [0.15, 0.2) is 61.2 Å². The van der Waals surface area contributed by atoms with Crippen molar-refractivity contribution in [1.29, 1.82) is 0 Å². The van der Waals surface area contributed by atoms with Crippen molar-refractivity contribution in [2.75, 3.05) is 18.4 Å².